The number of rotatable bonds is 5. The predicted molar refractivity (Wildman–Crippen MR) is 104 cm³/mol. The van der Waals surface area contributed by atoms with Crippen molar-refractivity contribution < 1.29 is 19.2 Å². The van der Waals surface area contributed by atoms with Crippen molar-refractivity contribution in [3.63, 3.8) is 0 Å². The summed E-state index contributed by atoms with van der Waals surface area (Å²) >= 11 is 0. The Bertz CT molecular complexity index is 962. The van der Waals surface area contributed by atoms with Gasteiger partial charge < -0.3 is 15.5 Å². The molecule has 1 aliphatic rings. The number of nitro groups is 1. The summed E-state index contributed by atoms with van der Waals surface area (Å²) in [5, 5.41) is 37.4. The number of hydroxylamine groups is 5. The van der Waals surface area contributed by atoms with Crippen LogP contribution in [-0.2, 0) is 22.4 Å². The second-order valence-electron chi connectivity index (χ2n) is 7.47. The summed E-state index contributed by atoms with van der Waals surface area (Å²) in [6.07, 6.45) is -0.488. The van der Waals surface area contributed by atoms with E-state index in [0.29, 0.717) is 5.56 Å². The summed E-state index contributed by atoms with van der Waals surface area (Å²) in [7, 11) is 1.02. The smallest absolute Gasteiger partial charge is 0.339 e. The summed E-state index contributed by atoms with van der Waals surface area (Å²) in [6.45, 7) is 1.28. The lowest BCUT2D eigenvalue weighted by atomic mass is 9.86. The standard InChI is InChI=1S/C20H20N3O6/c1-20(13-14-8-4-3-5-9-14)19(25)23(2,29)17(18(24)21(20)26)12-15-10-6-7-11-16(15)22(27)28/h3-11,17H,12-13H2,1-2H3/q-1. The number of nitro benzene ring substituents is 1. The molecular weight excluding hydrogens is 378 g/mol. The van der Waals surface area contributed by atoms with E-state index in [1.165, 1.54) is 31.2 Å². The average Bonchev–Trinajstić information content (AvgIpc) is 2.70. The number of para-hydroxylation sites is 1. The molecule has 0 saturated carbocycles. The minimum Gasteiger partial charge on any atom is -0.755 e. The molecule has 2 aromatic rings. The zero-order chi connectivity index (χ0) is 21.4. The van der Waals surface area contributed by atoms with Gasteiger partial charge >= 0.3 is 5.91 Å². The molecule has 29 heavy (non-hydrogen) atoms. The van der Waals surface area contributed by atoms with Crippen molar-refractivity contribution in [2.45, 2.75) is 31.3 Å². The van der Waals surface area contributed by atoms with Gasteiger partial charge in [-0.2, -0.15) is 0 Å². The average molecular weight is 398 g/mol. The van der Waals surface area contributed by atoms with E-state index in [0.717, 1.165) is 7.05 Å². The van der Waals surface area contributed by atoms with Gasteiger partial charge in [-0.25, -0.2) is 4.79 Å². The summed E-state index contributed by atoms with van der Waals surface area (Å²) in [6, 6.07) is 12.7. The lowest BCUT2D eigenvalue weighted by molar-refractivity contribution is -0.807. The first-order chi connectivity index (χ1) is 13.6. The van der Waals surface area contributed by atoms with Crippen molar-refractivity contribution >= 4 is 17.5 Å². The third-order valence-corrected chi connectivity index (χ3v) is 5.38. The van der Waals surface area contributed by atoms with Crippen molar-refractivity contribution in [1.82, 2.24) is 5.06 Å². The molecule has 1 aliphatic heterocycles. The highest BCUT2D eigenvalue weighted by molar-refractivity contribution is 5.95. The molecule has 2 amide bonds. The molecule has 3 atom stereocenters. The fourth-order valence-electron chi connectivity index (χ4n) is 3.77. The van der Waals surface area contributed by atoms with Crippen LogP contribution >= 0.6 is 0 Å². The van der Waals surface area contributed by atoms with Crippen molar-refractivity contribution in [1.29, 1.82) is 0 Å². The second-order valence-corrected chi connectivity index (χ2v) is 7.47. The molecule has 3 unspecified atom stereocenters. The molecule has 0 aromatic heterocycles. The Hall–Kier alpha value is -3.14. The maximum absolute atomic E-state index is 13.3. The fraction of sp³-hybridized carbons (Fsp3) is 0.300. The van der Waals surface area contributed by atoms with Gasteiger partial charge in [-0.3, -0.25) is 19.6 Å². The fourth-order valence-corrected chi connectivity index (χ4v) is 3.77. The van der Waals surface area contributed by atoms with Crippen LogP contribution in [0.4, 0.5) is 5.69 Å². The van der Waals surface area contributed by atoms with E-state index < -0.39 is 33.0 Å². The highest BCUT2D eigenvalue weighted by Gasteiger charge is 2.56. The summed E-state index contributed by atoms with van der Waals surface area (Å²) in [5.41, 5.74) is -1.39. The normalized spacial score (nSPS) is 27.2. The van der Waals surface area contributed by atoms with E-state index in [-0.39, 0.29) is 29.2 Å². The van der Waals surface area contributed by atoms with Crippen LogP contribution < -0.4 is 0 Å². The van der Waals surface area contributed by atoms with Gasteiger partial charge in [0.05, 0.1) is 12.0 Å². The SMILES string of the molecule is CC1(Cc2ccccc2)C(=O)[N+](C)([O-])C(Cc2ccccc2[N+](=O)[O-])C(=O)N1[O-]. The molecule has 1 heterocycles. The quantitative estimate of drug-likeness (QED) is 0.329. The minimum atomic E-state index is -1.87. The molecule has 0 spiro atoms. The Kier molecular flexibility index (Phi) is 5.22. The molecule has 1 saturated heterocycles. The van der Waals surface area contributed by atoms with Crippen LogP contribution in [0.1, 0.15) is 18.1 Å². The van der Waals surface area contributed by atoms with Crippen LogP contribution in [-0.4, -0.2) is 45.1 Å². The highest BCUT2D eigenvalue weighted by Crippen LogP contribution is 2.35. The molecule has 2 aromatic carbocycles. The molecule has 9 nitrogen and oxygen atoms in total. The maximum atomic E-state index is 13.3. The zero-order valence-corrected chi connectivity index (χ0v) is 16.0. The Morgan fingerprint density at radius 1 is 1.10 bits per heavy atom. The number of carbonyl (C=O) groups excluding carboxylic acids is 2. The Morgan fingerprint density at radius 2 is 1.69 bits per heavy atom. The first-order valence-corrected chi connectivity index (χ1v) is 8.98. The van der Waals surface area contributed by atoms with E-state index in [2.05, 4.69) is 0 Å². The maximum Gasteiger partial charge on any atom is 0.339 e. The summed E-state index contributed by atoms with van der Waals surface area (Å²) < 4.78 is -1.60. The lowest BCUT2D eigenvalue weighted by Gasteiger charge is -2.57. The number of amides is 2. The third-order valence-electron chi connectivity index (χ3n) is 5.38. The number of nitrogens with zero attached hydrogens (tertiary/aromatic N) is 3. The highest BCUT2D eigenvalue weighted by atomic mass is 16.6. The molecule has 9 heteroatoms. The first-order valence-electron chi connectivity index (χ1n) is 8.98. The number of piperazine rings is 1. The van der Waals surface area contributed by atoms with Gasteiger partial charge in [0.25, 0.3) is 11.6 Å². The van der Waals surface area contributed by atoms with Gasteiger partial charge in [0.15, 0.2) is 6.04 Å². The van der Waals surface area contributed by atoms with Crippen LogP contribution in [0.25, 0.3) is 0 Å². The topological polar surface area (TPSA) is 127 Å². The van der Waals surface area contributed by atoms with Crippen molar-refractivity contribution in [3.05, 3.63) is 86.3 Å². The first kappa shape index (κ1) is 20.6. The molecule has 0 N–H and O–H groups in total. The van der Waals surface area contributed by atoms with Gasteiger partial charge in [-0.15, -0.1) is 0 Å². The molecule has 0 radical (unpaired) electrons. The van der Waals surface area contributed by atoms with Gasteiger partial charge in [0, 0.05) is 24.5 Å². The van der Waals surface area contributed by atoms with Crippen molar-refractivity contribution in [3.8, 4) is 0 Å². The van der Waals surface area contributed by atoms with E-state index >= 15 is 0 Å². The Labute approximate surface area is 167 Å². The van der Waals surface area contributed by atoms with Crippen LogP contribution in [0.2, 0.25) is 0 Å². The summed E-state index contributed by atoms with van der Waals surface area (Å²) in [5.74, 6) is -2.02. The van der Waals surface area contributed by atoms with Crippen molar-refractivity contribution in [2.75, 3.05) is 7.05 Å². The van der Waals surface area contributed by atoms with Gasteiger partial charge in [0.1, 0.15) is 5.54 Å². The number of likely N-dealkylation sites (N-methyl/N-ethyl adjacent to an activating group) is 1. The monoisotopic (exact) mass is 398 g/mol. The number of benzene rings is 2. The zero-order valence-electron chi connectivity index (χ0n) is 16.0. The number of carbonyl (C=O) groups is 2. The number of hydrogen-bond acceptors (Lipinski definition) is 6. The lowest BCUT2D eigenvalue weighted by Crippen LogP contribution is -2.75. The molecule has 152 valence electrons. The Balaban J connectivity index is 1.97. The summed E-state index contributed by atoms with van der Waals surface area (Å²) in [4.78, 5) is 36.5. The number of hydrogen-bond donors (Lipinski definition) is 0. The van der Waals surface area contributed by atoms with E-state index in [9.17, 15) is 30.1 Å². The molecular formula is C20H20N3O6-. The van der Waals surface area contributed by atoms with Crippen molar-refractivity contribution in [2.24, 2.45) is 0 Å². The van der Waals surface area contributed by atoms with Crippen LogP contribution in [0.5, 0.6) is 0 Å². The molecule has 1 fully saturated rings. The van der Waals surface area contributed by atoms with Gasteiger partial charge in [0.2, 0.25) is 0 Å². The molecule has 0 aliphatic carbocycles. The molecule has 0 bridgehead atoms. The van der Waals surface area contributed by atoms with E-state index in [1.807, 2.05) is 0 Å². The third kappa shape index (κ3) is 3.51. The number of quaternary nitrogens is 1. The minimum absolute atomic E-state index is 0.0691. The Morgan fingerprint density at radius 3 is 2.31 bits per heavy atom. The van der Waals surface area contributed by atoms with Crippen LogP contribution in [0.3, 0.4) is 0 Å². The second kappa shape index (κ2) is 7.36. The van der Waals surface area contributed by atoms with Gasteiger partial charge in [-0.1, -0.05) is 48.5 Å². The largest absolute Gasteiger partial charge is 0.755 e. The van der Waals surface area contributed by atoms with E-state index in [1.54, 1.807) is 30.3 Å². The predicted octanol–water partition coefficient (Wildman–Crippen LogP) is 2.32. The van der Waals surface area contributed by atoms with Crippen LogP contribution in [0, 0.1) is 20.5 Å². The van der Waals surface area contributed by atoms with Gasteiger partial charge in [-0.05, 0) is 12.5 Å². The molecule has 3 rings (SSSR count). The van der Waals surface area contributed by atoms with E-state index in [4.69, 9.17) is 0 Å². The van der Waals surface area contributed by atoms with Crippen LogP contribution in [0.15, 0.2) is 54.6 Å².